The van der Waals surface area contributed by atoms with E-state index >= 15 is 0 Å². The van der Waals surface area contributed by atoms with E-state index in [-0.39, 0.29) is 18.1 Å². The normalized spacial score (nSPS) is 28.4. The maximum Gasteiger partial charge on any atom is 0.306 e. The van der Waals surface area contributed by atoms with Crippen LogP contribution >= 0.6 is 11.6 Å². The Hall–Kier alpha value is -1.55. The van der Waals surface area contributed by atoms with Gasteiger partial charge in [-0.05, 0) is 37.0 Å². The number of halogens is 1. The van der Waals surface area contributed by atoms with Gasteiger partial charge in [0.1, 0.15) is 6.10 Å². The zero-order valence-electron chi connectivity index (χ0n) is 11.0. The SMILES string of the molecule is O=C(O)C1CCC2OC(Cc3cccc(Cl)c3)=NC2C1. The smallest absolute Gasteiger partial charge is 0.306 e. The van der Waals surface area contributed by atoms with Gasteiger partial charge in [0.25, 0.3) is 0 Å². The minimum atomic E-state index is -0.720. The van der Waals surface area contributed by atoms with E-state index in [9.17, 15) is 4.79 Å². The molecule has 5 heteroatoms. The van der Waals surface area contributed by atoms with Crippen LogP contribution in [0.5, 0.6) is 0 Å². The van der Waals surface area contributed by atoms with Gasteiger partial charge in [0, 0.05) is 11.4 Å². The van der Waals surface area contributed by atoms with Gasteiger partial charge in [-0.1, -0.05) is 23.7 Å². The average molecular weight is 294 g/mol. The zero-order valence-corrected chi connectivity index (χ0v) is 11.7. The minimum Gasteiger partial charge on any atom is -0.481 e. The highest BCUT2D eigenvalue weighted by atomic mass is 35.5. The molecular formula is C15H16ClNO3. The van der Waals surface area contributed by atoms with E-state index in [1.54, 1.807) is 0 Å². The fourth-order valence-electron chi connectivity index (χ4n) is 2.92. The molecule has 1 saturated carbocycles. The highest BCUT2D eigenvalue weighted by Crippen LogP contribution is 2.33. The van der Waals surface area contributed by atoms with Crippen molar-refractivity contribution in [2.75, 3.05) is 0 Å². The van der Waals surface area contributed by atoms with Crippen molar-refractivity contribution in [2.24, 2.45) is 10.9 Å². The molecule has 1 aliphatic heterocycles. The fraction of sp³-hybridized carbons (Fsp3) is 0.467. The monoisotopic (exact) mass is 293 g/mol. The number of benzene rings is 1. The molecule has 106 valence electrons. The molecule has 3 rings (SSSR count). The second-order valence-electron chi connectivity index (χ2n) is 5.40. The second-order valence-corrected chi connectivity index (χ2v) is 5.84. The minimum absolute atomic E-state index is 0.000894. The largest absolute Gasteiger partial charge is 0.481 e. The number of hydrogen-bond acceptors (Lipinski definition) is 3. The van der Waals surface area contributed by atoms with Crippen molar-refractivity contribution in [2.45, 2.75) is 37.8 Å². The van der Waals surface area contributed by atoms with Crippen LogP contribution in [0.2, 0.25) is 5.02 Å². The summed E-state index contributed by atoms with van der Waals surface area (Å²) < 4.78 is 5.85. The molecule has 0 saturated heterocycles. The van der Waals surface area contributed by atoms with Crippen molar-refractivity contribution in [3.05, 3.63) is 34.9 Å². The van der Waals surface area contributed by atoms with Crippen molar-refractivity contribution in [3.63, 3.8) is 0 Å². The quantitative estimate of drug-likeness (QED) is 0.932. The Morgan fingerprint density at radius 2 is 2.30 bits per heavy atom. The van der Waals surface area contributed by atoms with Gasteiger partial charge in [-0.25, -0.2) is 4.99 Å². The Kier molecular flexibility index (Phi) is 3.66. The number of hydrogen-bond donors (Lipinski definition) is 1. The van der Waals surface area contributed by atoms with E-state index in [0.717, 1.165) is 12.0 Å². The lowest BCUT2D eigenvalue weighted by Gasteiger charge is -2.26. The van der Waals surface area contributed by atoms with E-state index in [4.69, 9.17) is 21.4 Å². The van der Waals surface area contributed by atoms with Gasteiger partial charge in [0.2, 0.25) is 0 Å². The number of rotatable bonds is 3. The Bertz CT molecular complexity index is 558. The molecule has 3 atom stereocenters. The summed E-state index contributed by atoms with van der Waals surface area (Å²) in [7, 11) is 0. The Labute approximate surface area is 122 Å². The summed E-state index contributed by atoms with van der Waals surface area (Å²) in [6.07, 6.45) is 2.70. The summed E-state index contributed by atoms with van der Waals surface area (Å²) in [5.74, 6) is -0.302. The third-order valence-corrected chi connectivity index (χ3v) is 4.18. The van der Waals surface area contributed by atoms with Crippen LogP contribution in [0, 0.1) is 5.92 Å². The first-order valence-electron chi connectivity index (χ1n) is 6.82. The third-order valence-electron chi connectivity index (χ3n) is 3.95. The average Bonchev–Trinajstić information content (AvgIpc) is 2.79. The lowest BCUT2D eigenvalue weighted by atomic mass is 9.84. The van der Waals surface area contributed by atoms with Crippen molar-refractivity contribution in [1.29, 1.82) is 0 Å². The molecule has 1 aliphatic carbocycles. The molecule has 0 radical (unpaired) electrons. The fourth-order valence-corrected chi connectivity index (χ4v) is 3.13. The summed E-state index contributed by atoms with van der Waals surface area (Å²) in [4.78, 5) is 15.6. The Balaban J connectivity index is 1.68. The molecule has 1 N–H and O–H groups in total. The van der Waals surface area contributed by atoms with Crippen LogP contribution in [0.15, 0.2) is 29.3 Å². The van der Waals surface area contributed by atoms with E-state index in [0.29, 0.717) is 30.2 Å². The molecule has 0 amide bonds. The maximum absolute atomic E-state index is 11.0. The molecule has 2 aliphatic rings. The lowest BCUT2D eigenvalue weighted by Crippen LogP contribution is -2.33. The molecule has 1 aromatic carbocycles. The van der Waals surface area contributed by atoms with Crippen LogP contribution < -0.4 is 0 Å². The molecule has 3 unspecified atom stereocenters. The lowest BCUT2D eigenvalue weighted by molar-refractivity contribution is -0.143. The van der Waals surface area contributed by atoms with Gasteiger partial charge in [0.05, 0.1) is 12.0 Å². The van der Waals surface area contributed by atoms with Gasteiger partial charge in [-0.2, -0.15) is 0 Å². The Morgan fingerprint density at radius 3 is 3.05 bits per heavy atom. The second kappa shape index (κ2) is 5.44. The summed E-state index contributed by atoms with van der Waals surface area (Å²) in [6, 6.07) is 7.62. The number of carboxylic acid groups (broad SMARTS) is 1. The van der Waals surface area contributed by atoms with Gasteiger partial charge < -0.3 is 9.84 Å². The zero-order chi connectivity index (χ0) is 14.1. The number of aliphatic carboxylic acids is 1. The van der Waals surface area contributed by atoms with Crippen molar-refractivity contribution in [3.8, 4) is 0 Å². The van der Waals surface area contributed by atoms with Crippen LogP contribution in [0.3, 0.4) is 0 Å². The molecule has 0 spiro atoms. The van der Waals surface area contributed by atoms with Crippen LogP contribution in [0.1, 0.15) is 24.8 Å². The number of carboxylic acids is 1. The first-order chi connectivity index (χ1) is 9.61. The standard InChI is InChI=1S/C15H16ClNO3/c16-11-3-1-2-9(6-11)7-14-17-12-8-10(15(18)19)4-5-13(12)20-14/h1-3,6,10,12-13H,4-5,7-8H2,(H,18,19). The highest BCUT2D eigenvalue weighted by molar-refractivity contribution is 6.30. The summed E-state index contributed by atoms with van der Waals surface area (Å²) >= 11 is 5.96. The molecular weight excluding hydrogens is 278 g/mol. The molecule has 0 aromatic heterocycles. The number of aliphatic imine (C=N–C) groups is 1. The van der Waals surface area contributed by atoms with Gasteiger partial charge in [-0.3, -0.25) is 4.79 Å². The number of ether oxygens (including phenoxy) is 1. The van der Waals surface area contributed by atoms with Crippen LogP contribution in [0.4, 0.5) is 0 Å². The van der Waals surface area contributed by atoms with E-state index in [2.05, 4.69) is 4.99 Å². The molecule has 20 heavy (non-hydrogen) atoms. The predicted octanol–water partition coefficient (Wildman–Crippen LogP) is 2.93. The van der Waals surface area contributed by atoms with E-state index in [1.807, 2.05) is 24.3 Å². The Morgan fingerprint density at radius 1 is 1.45 bits per heavy atom. The van der Waals surface area contributed by atoms with Crippen molar-refractivity contribution >= 4 is 23.5 Å². The number of fused-ring (bicyclic) bond motifs is 1. The molecule has 0 bridgehead atoms. The number of carbonyl (C=O) groups is 1. The van der Waals surface area contributed by atoms with Crippen molar-refractivity contribution in [1.82, 2.24) is 0 Å². The van der Waals surface area contributed by atoms with E-state index < -0.39 is 5.97 Å². The van der Waals surface area contributed by atoms with Gasteiger partial charge in [0.15, 0.2) is 5.90 Å². The van der Waals surface area contributed by atoms with E-state index in [1.165, 1.54) is 0 Å². The topological polar surface area (TPSA) is 58.9 Å². The van der Waals surface area contributed by atoms with Crippen molar-refractivity contribution < 1.29 is 14.6 Å². The van der Waals surface area contributed by atoms with Gasteiger partial charge in [-0.15, -0.1) is 0 Å². The summed E-state index contributed by atoms with van der Waals surface area (Å²) in [5, 5.41) is 9.78. The van der Waals surface area contributed by atoms with Gasteiger partial charge >= 0.3 is 5.97 Å². The first-order valence-corrected chi connectivity index (χ1v) is 7.20. The van der Waals surface area contributed by atoms with Crippen LogP contribution in [-0.2, 0) is 16.0 Å². The molecule has 4 nitrogen and oxygen atoms in total. The highest BCUT2D eigenvalue weighted by Gasteiger charge is 2.39. The van der Waals surface area contributed by atoms with Crippen LogP contribution in [-0.4, -0.2) is 29.1 Å². The van der Waals surface area contributed by atoms with Crippen LogP contribution in [0.25, 0.3) is 0 Å². The molecule has 1 heterocycles. The predicted molar refractivity (Wildman–Crippen MR) is 76.2 cm³/mol. The first kappa shape index (κ1) is 13.4. The molecule has 1 fully saturated rings. The number of nitrogens with zero attached hydrogens (tertiary/aromatic N) is 1. The molecule has 1 aromatic rings. The third kappa shape index (κ3) is 2.80. The summed E-state index contributed by atoms with van der Waals surface area (Å²) in [6.45, 7) is 0. The summed E-state index contributed by atoms with van der Waals surface area (Å²) in [5.41, 5.74) is 1.06. The maximum atomic E-state index is 11.0.